The largest absolute Gasteiger partial charge is 0.497 e. The molecule has 0 N–H and O–H groups in total. The van der Waals surface area contributed by atoms with Crippen molar-refractivity contribution in [1.82, 2.24) is 0 Å². The molecule has 1 heteroatoms. The van der Waals surface area contributed by atoms with Gasteiger partial charge in [-0.1, -0.05) is 36.1 Å². The highest BCUT2D eigenvalue weighted by Gasteiger charge is 1.96. The molecule has 1 aromatic rings. The first-order valence-electron chi connectivity index (χ1n) is 4.89. The number of rotatable bonds is 1. The molecule has 1 aromatic carbocycles. The zero-order valence-electron chi connectivity index (χ0n) is 8.60. The molecule has 15 heavy (non-hydrogen) atoms. The average molecular weight is 196 g/mol. The Kier molecular flexibility index (Phi) is 2.90. The SMILES string of the molecule is COc1ccc(C#CC2C=CC=C2)cc1. The topological polar surface area (TPSA) is 9.23 Å². The van der Waals surface area contributed by atoms with E-state index in [9.17, 15) is 0 Å². The Balaban J connectivity index is 2.10. The van der Waals surface area contributed by atoms with Crippen LogP contribution in [0.15, 0.2) is 48.6 Å². The van der Waals surface area contributed by atoms with E-state index in [1.54, 1.807) is 7.11 Å². The second kappa shape index (κ2) is 4.52. The van der Waals surface area contributed by atoms with Gasteiger partial charge in [-0.3, -0.25) is 0 Å². The van der Waals surface area contributed by atoms with E-state index < -0.39 is 0 Å². The first kappa shape index (κ1) is 9.61. The van der Waals surface area contributed by atoms with Gasteiger partial charge in [-0.2, -0.15) is 0 Å². The number of hydrogen-bond donors (Lipinski definition) is 0. The molecule has 0 unspecified atom stereocenters. The summed E-state index contributed by atoms with van der Waals surface area (Å²) in [5.41, 5.74) is 1.02. The minimum atomic E-state index is 0.270. The minimum Gasteiger partial charge on any atom is -0.497 e. The fourth-order valence-electron chi connectivity index (χ4n) is 1.37. The molecule has 74 valence electrons. The Labute approximate surface area is 90.1 Å². The maximum atomic E-state index is 5.08. The van der Waals surface area contributed by atoms with E-state index in [1.807, 2.05) is 36.4 Å². The van der Waals surface area contributed by atoms with Crippen molar-refractivity contribution in [2.45, 2.75) is 0 Å². The fourth-order valence-corrected chi connectivity index (χ4v) is 1.37. The van der Waals surface area contributed by atoms with E-state index in [4.69, 9.17) is 4.74 Å². The monoisotopic (exact) mass is 196 g/mol. The van der Waals surface area contributed by atoms with Crippen molar-refractivity contribution in [2.75, 3.05) is 7.11 Å². The molecule has 0 spiro atoms. The van der Waals surface area contributed by atoms with E-state index in [-0.39, 0.29) is 5.92 Å². The highest BCUT2D eigenvalue weighted by Crippen LogP contribution is 2.11. The molecule has 2 rings (SSSR count). The lowest BCUT2D eigenvalue weighted by atomic mass is 10.1. The Morgan fingerprint density at radius 2 is 1.73 bits per heavy atom. The van der Waals surface area contributed by atoms with Crippen molar-refractivity contribution in [3.05, 3.63) is 54.1 Å². The lowest BCUT2D eigenvalue weighted by Crippen LogP contribution is -1.84. The van der Waals surface area contributed by atoms with Crippen molar-refractivity contribution in [3.8, 4) is 17.6 Å². The maximum absolute atomic E-state index is 5.08. The van der Waals surface area contributed by atoms with Crippen molar-refractivity contribution in [1.29, 1.82) is 0 Å². The van der Waals surface area contributed by atoms with Crippen molar-refractivity contribution >= 4 is 0 Å². The van der Waals surface area contributed by atoms with Gasteiger partial charge in [0.15, 0.2) is 0 Å². The van der Waals surface area contributed by atoms with Gasteiger partial charge >= 0.3 is 0 Å². The van der Waals surface area contributed by atoms with E-state index in [2.05, 4.69) is 24.0 Å². The molecular weight excluding hydrogens is 184 g/mol. The summed E-state index contributed by atoms with van der Waals surface area (Å²) in [5.74, 6) is 7.43. The second-order valence-corrected chi connectivity index (χ2v) is 3.29. The van der Waals surface area contributed by atoms with Crippen LogP contribution in [-0.4, -0.2) is 7.11 Å². The molecule has 0 atom stereocenters. The lowest BCUT2D eigenvalue weighted by molar-refractivity contribution is 0.415. The minimum absolute atomic E-state index is 0.270. The van der Waals surface area contributed by atoms with Crippen LogP contribution in [0, 0.1) is 17.8 Å². The molecule has 0 aromatic heterocycles. The van der Waals surface area contributed by atoms with Gasteiger partial charge in [0.25, 0.3) is 0 Å². The van der Waals surface area contributed by atoms with Gasteiger partial charge in [-0.05, 0) is 24.3 Å². The number of allylic oxidation sites excluding steroid dienone is 4. The van der Waals surface area contributed by atoms with Gasteiger partial charge in [0.05, 0.1) is 13.0 Å². The first-order valence-corrected chi connectivity index (χ1v) is 4.89. The van der Waals surface area contributed by atoms with Crippen LogP contribution >= 0.6 is 0 Å². The smallest absolute Gasteiger partial charge is 0.118 e. The molecule has 0 aliphatic heterocycles. The van der Waals surface area contributed by atoms with Crippen molar-refractivity contribution < 1.29 is 4.74 Å². The summed E-state index contributed by atoms with van der Waals surface area (Å²) in [6.07, 6.45) is 8.20. The van der Waals surface area contributed by atoms with Crippen LogP contribution < -0.4 is 4.74 Å². The summed E-state index contributed by atoms with van der Waals surface area (Å²) >= 11 is 0. The Hall–Kier alpha value is -1.94. The summed E-state index contributed by atoms with van der Waals surface area (Å²) < 4.78 is 5.08. The third-order valence-corrected chi connectivity index (χ3v) is 2.22. The molecule has 0 heterocycles. The molecule has 0 saturated carbocycles. The van der Waals surface area contributed by atoms with Gasteiger partial charge in [0.1, 0.15) is 5.75 Å². The molecule has 1 nitrogen and oxygen atoms in total. The number of methoxy groups -OCH3 is 1. The zero-order valence-corrected chi connectivity index (χ0v) is 8.60. The third kappa shape index (κ3) is 2.51. The molecule has 1 aliphatic carbocycles. The summed E-state index contributed by atoms with van der Waals surface area (Å²) in [6.45, 7) is 0. The Morgan fingerprint density at radius 1 is 1.07 bits per heavy atom. The molecule has 0 saturated heterocycles. The van der Waals surface area contributed by atoms with E-state index in [0.717, 1.165) is 11.3 Å². The standard InChI is InChI=1S/C14H12O/c1-15-14-10-8-13(9-11-14)7-6-12-4-2-3-5-12/h2-5,8-12H,1H3. The van der Waals surface area contributed by atoms with Crippen LogP contribution in [0.5, 0.6) is 5.75 Å². The van der Waals surface area contributed by atoms with Gasteiger partial charge in [-0.25, -0.2) is 0 Å². The van der Waals surface area contributed by atoms with E-state index >= 15 is 0 Å². The summed E-state index contributed by atoms with van der Waals surface area (Å²) in [4.78, 5) is 0. The maximum Gasteiger partial charge on any atom is 0.118 e. The highest BCUT2D eigenvalue weighted by molar-refractivity contribution is 5.40. The number of hydrogen-bond acceptors (Lipinski definition) is 1. The van der Waals surface area contributed by atoms with E-state index in [1.165, 1.54) is 0 Å². The van der Waals surface area contributed by atoms with Crippen LogP contribution in [0.2, 0.25) is 0 Å². The summed E-state index contributed by atoms with van der Waals surface area (Å²) in [5, 5.41) is 0. The molecule has 0 fully saturated rings. The quantitative estimate of drug-likeness (QED) is 0.627. The van der Waals surface area contributed by atoms with Crippen molar-refractivity contribution in [3.63, 3.8) is 0 Å². The van der Waals surface area contributed by atoms with Crippen LogP contribution in [-0.2, 0) is 0 Å². The van der Waals surface area contributed by atoms with Gasteiger partial charge in [0.2, 0.25) is 0 Å². The van der Waals surface area contributed by atoms with Gasteiger partial charge < -0.3 is 4.74 Å². The van der Waals surface area contributed by atoms with E-state index in [0.29, 0.717) is 0 Å². The zero-order chi connectivity index (χ0) is 10.5. The summed E-state index contributed by atoms with van der Waals surface area (Å²) in [6, 6.07) is 7.77. The second-order valence-electron chi connectivity index (χ2n) is 3.29. The van der Waals surface area contributed by atoms with Gasteiger partial charge in [0, 0.05) is 5.56 Å². The molecule has 0 amide bonds. The third-order valence-electron chi connectivity index (χ3n) is 2.22. The van der Waals surface area contributed by atoms with Crippen LogP contribution in [0.1, 0.15) is 5.56 Å². The Morgan fingerprint density at radius 3 is 2.33 bits per heavy atom. The molecule has 1 aliphatic rings. The lowest BCUT2D eigenvalue weighted by Gasteiger charge is -1.97. The summed E-state index contributed by atoms with van der Waals surface area (Å²) in [7, 11) is 1.66. The molecular formula is C14H12O. The Bertz CT molecular complexity index is 428. The molecule has 0 bridgehead atoms. The fraction of sp³-hybridized carbons (Fsp3) is 0.143. The number of ether oxygens (including phenoxy) is 1. The molecule has 0 radical (unpaired) electrons. The predicted molar refractivity (Wildman–Crippen MR) is 61.6 cm³/mol. The highest BCUT2D eigenvalue weighted by atomic mass is 16.5. The van der Waals surface area contributed by atoms with Gasteiger partial charge in [-0.15, -0.1) is 0 Å². The van der Waals surface area contributed by atoms with Crippen LogP contribution in [0.4, 0.5) is 0 Å². The average Bonchev–Trinajstić information content (AvgIpc) is 2.80. The normalized spacial score (nSPS) is 13.7. The number of benzene rings is 1. The first-order chi connectivity index (χ1) is 7.38. The van der Waals surface area contributed by atoms with Crippen LogP contribution in [0.25, 0.3) is 0 Å². The predicted octanol–water partition coefficient (Wildman–Crippen LogP) is 2.79. The van der Waals surface area contributed by atoms with Crippen LogP contribution in [0.3, 0.4) is 0 Å². The van der Waals surface area contributed by atoms with Crippen molar-refractivity contribution in [2.24, 2.45) is 5.92 Å².